The van der Waals surface area contributed by atoms with E-state index in [9.17, 15) is 14.3 Å². The lowest BCUT2D eigenvalue weighted by molar-refractivity contribution is -0.122. The molecule has 1 fully saturated rings. The van der Waals surface area contributed by atoms with Crippen LogP contribution < -0.4 is 5.32 Å². The van der Waals surface area contributed by atoms with Crippen molar-refractivity contribution in [2.75, 3.05) is 13.2 Å². The maximum atomic E-state index is 13.3. The minimum atomic E-state index is -0.259. The van der Waals surface area contributed by atoms with E-state index in [1.54, 1.807) is 6.07 Å². The maximum Gasteiger partial charge on any atom is 0.223 e. The molecule has 0 spiro atoms. The molecule has 1 aliphatic rings. The molecule has 4 heteroatoms. The van der Waals surface area contributed by atoms with Gasteiger partial charge in [-0.05, 0) is 42.0 Å². The molecule has 0 radical (unpaired) electrons. The first-order chi connectivity index (χ1) is 11.7. The first-order valence-electron chi connectivity index (χ1n) is 8.38. The van der Waals surface area contributed by atoms with Crippen molar-refractivity contribution in [1.82, 2.24) is 5.32 Å². The Morgan fingerprint density at radius 1 is 1.21 bits per heavy atom. The minimum absolute atomic E-state index is 0.0168. The van der Waals surface area contributed by atoms with Crippen molar-refractivity contribution in [2.24, 2.45) is 5.92 Å². The largest absolute Gasteiger partial charge is 0.396 e. The quantitative estimate of drug-likeness (QED) is 0.820. The van der Waals surface area contributed by atoms with E-state index in [0.29, 0.717) is 13.0 Å². The van der Waals surface area contributed by atoms with Gasteiger partial charge in [0.2, 0.25) is 5.91 Å². The Hall–Kier alpha value is -2.20. The third kappa shape index (κ3) is 4.01. The molecular weight excluding hydrogens is 305 g/mol. The molecule has 3 nitrogen and oxygen atoms in total. The molecule has 1 amide bonds. The van der Waals surface area contributed by atoms with Gasteiger partial charge in [-0.2, -0.15) is 0 Å². The van der Waals surface area contributed by atoms with Gasteiger partial charge in [0.15, 0.2) is 0 Å². The van der Waals surface area contributed by atoms with E-state index in [-0.39, 0.29) is 36.1 Å². The Bertz CT molecular complexity index is 689. The van der Waals surface area contributed by atoms with Gasteiger partial charge in [0.05, 0.1) is 0 Å². The van der Waals surface area contributed by atoms with Crippen molar-refractivity contribution in [3.63, 3.8) is 0 Å². The minimum Gasteiger partial charge on any atom is -0.396 e. The molecule has 0 bridgehead atoms. The van der Waals surface area contributed by atoms with Crippen molar-refractivity contribution in [3.05, 3.63) is 71.5 Å². The van der Waals surface area contributed by atoms with E-state index in [2.05, 4.69) is 5.32 Å². The van der Waals surface area contributed by atoms with Crippen molar-refractivity contribution in [2.45, 2.75) is 24.7 Å². The lowest BCUT2D eigenvalue weighted by Gasteiger charge is -2.17. The van der Waals surface area contributed by atoms with Crippen LogP contribution in [0.2, 0.25) is 0 Å². The zero-order chi connectivity index (χ0) is 16.9. The summed E-state index contributed by atoms with van der Waals surface area (Å²) in [6, 6.07) is 16.4. The molecule has 0 saturated heterocycles. The van der Waals surface area contributed by atoms with E-state index in [0.717, 1.165) is 17.5 Å². The predicted molar refractivity (Wildman–Crippen MR) is 91.1 cm³/mol. The molecule has 2 aromatic rings. The van der Waals surface area contributed by atoms with Crippen molar-refractivity contribution < 1.29 is 14.3 Å². The number of halogens is 1. The van der Waals surface area contributed by atoms with E-state index in [1.165, 1.54) is 12.1 Å². The van der Waals surface area contributed by atoms with Gasteiger partial charge in [0.25, 0.3) is 0 Å². The molecule has 3 rings (SSSR count). The van der Waals surface area contributed by atoms with Gasteiger partial charge in [-0.3, -0.25) is 4.79 Å². The molecular formula is C20H22FNO2. The van der Waals surface area contributed by atoms with Crippen LogP contribution in [-0.4, -0.2) is 24.2 Å². The van der Waals surface area contributed by atoms with Crippen LogP contribution in [0.15, 0.2) is 54.6 Å². The number of benzene rings is 2. The second kappa shape index (κ2) is 7.58. The molecule has 0 heterocycles. The van der Waals surface area contributed by atoms with E-state index in [4.69, 9.17) is 0 Å². The third-order valence-electron chi connectivity index (χ3n) is 4.68. The van der Waals surface area contributed by atoms with Crippen LogP contribution in [0.5, 0.6) is 0 Å². The molecule has 2 N–H and O–H groups in total. The molecule has 2 aromatic carbocycles. The lowest BCUT2D eigenvalue weighted by Crippen LogP contribution is -2.30. The standard InChI is InChI=1S/C20H22FNO2/c21-17-8-4-7-15(11-17)18-12-19(18)20(24)22-13-16(9-10-23)14-5-2-1-3-6-14/h1-8,11,16,18-19,23H,9-10,12-13H2,(H,22,24). The van der Waals surface area contributed by atoms with Gasteiger partial charge in [-0.15, -0.1) is 0 Å². The van der Waals surface area contributed by atoms with E-state index in [1.807, 2.05) is 36.4 Å². The number of hydrogen-bond acceptors (Lipinski definition) is 2. The van der Waals surface area contributed by atoms with Crippen LogP contribution >= 0.6 is 0 Å². The number of carbonyl (C=O) groups excluding carboxylic acids is 1. The summed E-state index contributed by atoms with van der Waals surface area (Å²) in [5.74, 6) is -0.0913. The summed E-state index contributed by atoms with van der Waals surface area (Å²) in [6.07, 6.45) is 1.38. The molecule has 0 aromatic heterocycles. The molecule has 126 valence electrons. The van der Waals surface area contributed by atoms with Crippen molar-refractivity contribution in [3.8, 4) is 0 Å². The van der Waals surface area contributed by atoms with E-state index >= 15 is 0 Å². The summed E-state index contributed by atoms with van der Waals surface area (Å²) in [4.78, 5) is 12.3. The molecule has 3 unspecified atom stereocenters. The van der Waals surface area contributed by atoms with E-state index < -0.39 is 0 Å². The first-order valence-corrected chi connectivity index (χ1v) is 8.38. The Balaban J connectivity index is 1.55. The van der Waals surface area contributed by atoms with Crippen LogP contribution in [0.25, 0.3) is 0 Å². The number of hydrogen-bond donors (Lipinski definition) is 2. The Morgan fingerprint density at radius 3 is 2.71 bits per heavy atom. The first kappa shape index (κ1) is 16.7. The number of rotatable bonds is 7. The summed E-state index contributed by atoms with van der Waals surface area (Å²) in [6.45, 7) is 0.598. The lowest BCUT2D eigenvalue weighted by atomic mass is 9.96. The maximum absolute atomic E-state index is 13.3. The topological polar surface area (TPSA) is 49.3 Å². The van der Waals surface area contributed by atoms with Crippen LogP contribution in [-0.2, 0) is 4.79 Å². The van der Waals surface area contributed by atoms with Crippen LogP contribution in [0.4, 0.5) is 4.39 Å². The predicted octanol–water partition coefficient (Wildman–Crippen LogP) is 3.21. The molecule has 1 aliphatic carbocycles. The zero-order valence-electron chi connectivity index (χ0n) is 13.5. The van der Waals surface area contributed by atoms with Crippen molar-refractivity contribution in [1.29, 1.82) is 0 Å². The second-order valence-electron chi connectivity index (χ2n) is 6.37. The van der Waals surface area contributed by atoms with Gasteiger partial charge >= 0.3 is 0 Å². The average Bonchev–Trinajstić information content (AvgIpc) is 3.40. The normalized spacial score (nSPS) is 20.4. The fourth-order valence-electron chi connectivity index (χ4n) is 3.21. The summed E-state index contributed by atoms with van der Waals surface area (Å²) in [7, 11) is 0. The number of aliphatic hydroxyl groups is 1. The summed E-state index contributed by atoms with van der Waals surface area (Å²) >= 11 is 0. The van der Waals surface area contributed by atoms with Crippen LogP contribution in [0.1, 0.15) is 35.8 Å². The molecule has 24 heavy (non-hydrogen) atoms. The summed E-state index contributed by atoms with van der Waals surface area (Å²) in [5, 5.41) is 12.3. The highest BCUT2D eigenvalue weighted by atomic mass is 19.1. The van der Waals surface area contributed by atoms with Crippen LogP contribution in [0, 0.1) is 11.7 Å². The van der Waals surface area contributed by atoms with Crippen LogP contribution in [0.3, 0.4) is 0 Å². The Kier molecular flexibility index (Phi) is 5.26. The molecule has 3 atom stereocenters. The SMILES string of the molecule is O=C(NCC(CCO)c1ccccc1)C1CC1c1cccc(F)c1. The number of amides is 1. The highest BCUT2D eigenvalue weighted by Crippen LogP contribution is 2.47. The Morgan fingerprint density at radius 2 is 2.00 bits per heavy atom. The van der Waals surface area contributed by atoms with Gasteiger partial charge < -0.3 is 10.4 Å². The average molecular weight is 327 g/mol. The highest BCUT2D eigenvalue weighted by molar-refractivity contribution is 5.82. The van der Waals surface area contributed by atoms with Crippen molar-refractivity contribution >= 4 is 5.91 Å². The highest BCUT2D eigenvalue weighted by Gasteiger charge is 2.43. The monoisotopic (exact) mass is 327 g/mol. The second-order valence-corrected chi connectivity index (χ2v) is 6.37. The van der Waals surface area contributed by atoms with Gasteiger partial charge in [0, 0.05) is 25.0 Å². The zero-order valence-corrected chi connectivity index (χ0v) is 13.5. The van der Waals surface area contributed by atoms with Gasteiger partial charge in [-0.1, -0.05) is 42.5 Å². The Labute approximate surface area is 141 Å². The van der Waals surface area contributed by atoms with Gasteiger partial charge in [-0.25, -0.2) is 4.39 Å². The smallest absolute Gasteiger partial charge is 0.223 e. The summed E-state index contributed by atoms with van der Waals surface area (Å²) in [5.41, 5.74) is 2.01. The fourth-order valence-corrected chi connectivity index (χ4v) is 3.21. The third-order valence-corrected chi connectivity index (χ3v) is 4.68. The summed E-state index contributed by atoms with van der Waals surface area (Å²) < 4.78 is 13.3. The number of carbonyl (C=O) groups is 1. The molecule has 1 saturated carbocycles. The molecule has 0 aliphatic heterocycles. The number of aliphatic hydroxyl groups excluding tert-OH is 1. The fraction of sp³-hybridized carbons (Fsp3) is 0.350. The number of nitrogens with one attached hydrogen (secondary N) is 1. The van der Waals surface area contributed by atoms with Gasteiger partial charge in [0.1, 0.15) is 5.82 Å².